The smallest absolute Gasteiger partial charge is 0.300 e. The Morgan fingerprint density at radius 2 is 1.73 bits per heavy atom. The van der Waals surface area contributed by atoms with Crippen molar-refractivity contribution >= 4 is 57.9 Å². The van der Waals surface area contributed by atoms with Crippen LogP contribution in [0.2, 0.25) is 15.1 Å². The third-order valence-electron chi connectivity index (χ3n) is 5.21. The number of Topliss-reactive ketones (excluding diaryl/α,β-unsaturated/α-hetero) is 1. The summed E-state index contributed by atoms with van der Waals surface area (Å²) < 4.78 is 5.61. The Bertz CT molecular complexity index is 1290. The van der Waals surface area contributed by atoms with Gasteiger partial charge in [0, 0.05) is 16.3 Å². The molecule has 1 N–H and O–H groups in total. The molecular formula is C25H18Cl3NO4. The van der Waals surface area contributed by atoms with Crippen molar-refractivity contribution in [2.45, 2.75) is 13.0 Å². The molecular weight excluding hydrogens is 485 g/mol. The van der Waals surface area contributed by atoms with Gasteiger partial charge in [-0.25, -0.2) is 0 Å². The van der Waals surface area contributed by atoms with E-state index in [4.69, 9.17) is 39.5 Å². The van der Waals surface area contributed by atoms with Gasteiger partial charge in [-0.1, -0.05) is 53.0 Å². The molecule has 1 saturated heterocycles. The minimum Gasteiger partial charge on any atom is -0.507 e. The number of ether oxygens (including phenoxy) is 1. The number of aliphatic hydroxyl groups is 1. The van der Waals surface area contributed by atoms with E-state index in [2.05, 4.69) is 0 Å². The predicted molar refractivity (Wildman–Crippen MR) is 130 cm³/mol. The zero-order valence-electron chi connectivity index (χ0n) is 17.4. The quantitative estimate of drug-likeness (QED) is 0.240. The van der Waals surface area contributed by atoms with Crippen molar-refractivity contribution in [2.24, 2.45) is 0 Å². The third-order valence-corrected chi connectivity index (χ3v) is 6.18. The summed E-state index contributed by atoms with van der Waals surface area (Å²) in [6, 6.07) is 17.2. The number of rotatable bonds is 5. The highest BCUT2D eigenvalue weighted by atomic mass is 35.5. The van der Waals surface area contributed by atoms with E-state index in [1.54, 1.807) is 48.5 Å². The van der Waals surface area contributed by atoms with Gasteiger partial charge in [-0.3, -0.25) is 14.5 Å². The van der Waals surface area contributed by atoms with Crippen molar-refractivity contribution in [1.29, 1.82) is 0 Å². The van der Waals surface area contributed by atoms with Crippen LogP contribution in [0.25, 0.3) is 5.76 Å². The second kappa shape index (κ2) is 9.48. The highest BCUT2D eigenvalue weighted by Crippen LogP contribution is 2.43. The molecule has 0 spiro atoms. The average Bonchev–Trinajstić information content (AvgIpc) is 3.06. The molecule has 1 amide bonds. The van der Waals surface area contributed by atoms with Crippen LogP contribution in [0.3, 0.4) is 0 Å². The number of aliphatic hydroxyl groups excluding tert-OH is 1. The lowest BCUT2D eigenvalue weighted by molar-refractivity contribution is -0.132. The number of carbonyl (C=O) groups excluding carboxylic acids is 2. The van der Waals surface area contributed by atoms with Gasteiger partial charge in [0.1, 0.15) is 11.5 Å². The summed E-state index contributed by atoms with van der Waals surface area (Å²) in [6.07, 6.45) is 0. The molecule has 0 aliphatic carbocycles. The summed E-state index contributed by atoms with van der Waals surface area (Å²) >= 11 is 18.3. The van der Waals surface area contributed by atoms with Gasteiger partial charge in [0.15, 0.2) is 0 Å². The number of halogens is 3. The van der Waals surface area contributed by atoms with Gasteiger partial charge in [-0.15, -0.1) is 0 Å². The maximum absolute atomic E-state index is 13.2. The molecule has 1 unspecified atom stereocenters. The average molecular weight is 503 g/mol. The van der Waals surface area contributed by atoms with E-state index in [1.165, 1.54) is 23.1 Å². The molecule has 1 heterocycles. The Balaban J connectivity index is 1.96. The Kier molecular flexibility index (Phi) is 6.66. The predicted octanol–water partition coefficient (Wildman–Crippen LogP) is 6.67. The lowest BCUT2D eigenvalue weighted by Crippen LogP contribution is -2.29. The zero-order valence-corrected chi connectivity index (χ0v) is 19.7. The molecule has 3 aromatic carbocycles. The summed E-state index contributed by atoms with van der Waals surface area (Å²) in [5, 5.41) is 12.1. The van der Waals surface area contributed by atoms with E-state index >= 15 is 0 Å². The van der Waals surface area contributed by atoms with E-state index < -0.39 is 17.7 Å². The van der Waals surface area contributed by atoms with E-state index in [9.17, 15) is 14.7 Å². The molecule has 8 heteroatoms. The molecule has 168 valence electrons. The third kappa shape index (κ3) is 4.44. The Labute approximate surface area is 205 Å². The lowest BCUT2D eigenvalue weighted by atomic mass is 9.95. The summed E-state index contributed by atoms with van der Waals surface area (Å²) in [7, 11) is 0. The lowest BCUT2D eigenvalue weighted by Gasteiger charge is -2.26. The van der Waals surface area contributed by atoms with Gasteiger partial charge in [0.2, 0.25) is 0 Å². The fraction of sp³-hybridized carbons (Fsp3) is 0.120. The van der Waals surface area contributed by atoms with Crippen LogP contribution in [0.15, 0.2) is 72.3 Å². The second-order valence-electron chi connectivity index (χ2n) is 7.28. The molecule has 1 atom stereocenters. The molecule has 3 aromatic rings. The van der Waals surface area contributed by atoms with Gasteiger partial charge in [0.05, 0.1) is 28.3 Å². The zero-order chi connectivity index (χ0) is 23.7. The normalized spacial score (nSPS) is 17.5. The Hall–Kier alpha value is -2.99. The molecule has 0 radical (unpaired) electrons. The summed E-state index contributed by atoms with van der Waals surface area (Å²) in [5.41, 5.74) is 1.19. The standard InChI is InChI=1S/C25H18Cl3NO4/c1-2-33-18-8-3-5-14(11-18)22-21(23(30)15-9-10-19(27)20(28)12-15)24(31)25(32)29(22)17-7-4-6-16(26)13-17/h3-13,22,30H,2H2,1H3/b23-21+. The molecule has 1 fully saturated rings. The van der Waals surface area contributed by atoms with E-state index in [1.807, 2.05) is 6.92 Å². The first-order valence-electron chi connectivity index (χ1n) is 10.1. The Morgan fingerprint density at radius 3 is 2.42 bits per heavy atom. The largest absolute Gasteiger partial charge is 0.507 e. The fourth-order valence-corrected chi connectivity index (χ4v) is 4.26. The summed E-state index contributed by atoms with van der Waals surface area (Å²) in [4.78, 5) is 27.7. The summed E-state index contributed by atoms with van der Waals surface area (Å²) in [6.45, 7) is 2.30. The molecule has 5 nitrogen and oxygen atoms in total. The van der Waals surface area contributed by atoms with E-state index in [-0.39, 0.29) is 21.9 Å². The minimum atomic E-state index is -0.918. The number of hydrogen-bond acceptors (Lipinski definition) is 4. The van der Waals surface area contributed by atoms with Crippen LogP contribution in [0.5, 0.6) is 5.75 Å². The minimum absolute atomic E-state index is 0.0768. The summed E-state index contributed by atoms with van der Waals surface area (Å²) in [5.74, 6) is -1.40. The number of hydrogen-bond donors (Lipinski definition) is 1. The molecule has 1 aliphatic heterocycles. The molecule has 0 aromatic heterocycles. The Morgan fingerprint density at radius 1 is 0.970 bits per heavy atom. The van der Waals surface area contributed by atoms with Crippen molar-refractivity contribution in [3.63, 3.8) is 0 Å². The van der Waals surface area contributed by atoms with Gasteiger partial charge < -0.3 is 9.84 Å². The van der Waals surface area contributed by atoms with Crippen LogP contribution < -0.4 is 9.64 Å². The van der Waals surface area contributed by atoms with Gasteiger partial charge in [-0.05, 0) is 61.0 Å². The maximum Gasteiger partial charge on any atom is 0.300 e. The molecule has 1 aliphatic rings. The second-order valence-corrected chi connectivity index (χ2v) is 8.53. The molecule has 0 saturated carbocycles. The number of anilines is 1. The number of nitrogens with zero attached hydrogens (tertiary/aromatic N) is 1. The number of carbonyl (C=O) groups is 2. The maximum atomic E-state index is 13.2. The van der Waals surface area contributed by atoms with Crippen molar-refractivity contribution in [3.8, 4) is 5.75 Å². The first-order chi connectivity index (χ1) is 15.8. The van der Waals surface area contributed by atoms with Crippen LogP contribution in [0, 0.1) is 0 Å². The van der Waals surface area contributed by atoms with Crippen LogP contribution in [0.1, 0.15) is 24.1 Å². The van der Waals surface area contributed by atoms with Crippen molar-refractivity contribution in [3.05, 3.63) is 98.5 Å². The van der Waals surface area contributed by atoms with Crippen molar-refractivity contribution in [2.75, 3.05) is 11.5 Å². The number of ketones is 1. The molecule has 4 rings (SSSR count). The number of amides is 1. The SMILES string of the molecule is CCOc1cccc(C2/C(=C(\O)c3ccc(Cl)c(Cl)c3)C(=O)C(=O)N2c2cccc(Cl)c2)c1. The van der Waals surface area contributed by atoms with Crippen molar-refractivity contribution in [1.82, 2.24) is 0 Å². The van der Waals surface area contributed by atoms with Gasteiger partial charge in [-0.2, -0.15) is 0 Å². The first-order valence-corrected chi connectivity index (χ1v) is 11.2. The topological polar surface area (TPSA) is 66.8 Å². The van der Waals surface area contributed by atoms with Crippen LogP contribution >= 0.6 is 34.8 Å². The number of benzene rings is 3. The van der Waals surface area contributed by atoms with Gasteiger partial charge in [0.25, 0.3) is 11.7 Å². The van der Waals surface area contributed by atoms with Crippen LogP contribution in [0.4, 0.5) is 5.69 Å². The highest BCUT2D eigenvalue weighted by Gasteiger charge is 2.47. The highest BCUT2D eigenvalue weighted by molar-refractivity contribution is 6.52. The fourth-order valence-electron chi connectivity index (χ4n) is 3.78. The monoisotopic (exact) mass is 501 g/mol. The molecule has 0 bridgehead atoms. The van der Waals surface area contributed by atoms with E-state index in [0.717, 1.165) is 0 Å². The molecule has 33 heavy (non-hydrogen) atoms. The van der Waals surface area contributed by atoms with E-state index in [0.29, 0.717) is 33.7 Å². The van der Waals surface area contributed by atoms with Crippen LogP contribution in [-0.2, 0) is 9.59 Å². The van der Waals surface area contributed by atoms with Crippen molar-refractivity contribution < 1.29 is 19.4 Å². The first kappa shape index (κ1) is 23.2. The van der Waals surface area contributed by atoms with Gasteiger partial charge >= 0.3 is 0 Å². The van der Waals surface area contributed by atoms with Crippen LogP contribution in [-0.4, -0.2) is 23.4 Å².